The first-order chi connectivity index (χ1) is 7.66. The number of halogens is 1. The summed E-state index contributed by atoms with van der Waals surface area (Å²) >= 11 is 3.15. The first-order valence-corrected chi connectivity index (χ1v) is 5.48. The van der Waals surface area contributed by atoms with Crippen LogP contribution in [0.3, 0.4) is 0 Å². The molecule has 0 radical (unpaired) electrons. The van der Waals surface area contributed by atoms with Crippen molar-refractivity contribution in [3.8, 4) is 0 Å². The van der Waals surface area contributed by atoms with Gasteiger partial charge in [-0.3, -0.25) is 4.79 Å². The van der Waals surface area contributed by atoms with Crippen LogP contribution in [-0.2, 0) is 6.54 Å². The molecule has 0 N–H and O–H groups in total. The fourth-order valence-corrected chi connectivity index (χ4v) is 1.69. The molecule has 0 saturated carbocycles. The Morgan fingerprint density at radius 1 is 1.50 bits per heavy atom. The van der Waals surface area contributed by atoms with E-state index in [2.05, 4.69) is 15.9 Å². The second-order valence-corrected chi connectivity index (χ2v) is 4.16. The van der Waals surface area contributed by atoms with E-state index in [9.17, 15) is 4.79 Å². The van der Waals surface area contributed by atoms with Crippen molar-refractivity contribution in [2.45, 2.75) is 6.54 Å². The Morgan fingerprint density at radius 2 is 2.31 bits per heavy atom. The highest BCUT2D eigenvalue weighted by Gasteiger charge is 2.15. The Kier molecular flexibility index (Phi) is 3.14. The van der Waals surface area contributed by atoms with E-state index < -0.39 is 0 Å². The zero-order chi connectivity index (χ0) is 11.5. The molecule has 2 heterocycles. The Morgan fingerprint density at radius 3 is 2.88 bits per heavy atom. The Hall–Kier alpha value is -1.49. The molecule has 2 rings (SSSR count). The lowest BCUT2D eigenvalue weighted by atomic mass is 10.3. The molecule has 2 aromatic heterocycles. The predicted molar refractivity (Wildman–Crippen MR) is 60.9 cm³/mol. The highest BCUT2D eigenvalue weighted by Crippen LogP contribution is 2.16. The molecule has 0 fully saturated rings. The number of furan rings is 2. The Bertz CT molecular complexity index is 475. The van der Waals surface area contributed by atoms with Crippen molar-refractivity contribution in [3.63, 3.8) is 0 Å². The lowest BCUT2D eigenvalue weighted by Gasteiger charge is -2.14. The summed E-state index contributed by atoms with van der Waals surface area (Å²) in [4.78, 5) is 13.5. The Labute approximate surface area is 101 Å². The summed E-state index contributed by atoms with van der Waals surface area (Å²) in [6, 6.07) is 5.26. The first-order valence-electron chi connectivity index (χ1n) is 4.68. The summed E-state index contributed by atoms with van der Waals surface area (Å²) in [5.41, 5.74) is 0.515. The lowest BCUT2D eigenvalue weighted by molar-refractivity contribution is 0.0775. The van der Waals surface area contributed by atoms with Crippen LogP contribution in [0.25, 0.3) is 0 Å². The van der Waals surface area contributed by atoms with Gasteiger partial charge in [0, 0.05) is 13.1 Å². The SMILES string of the molecule is CN(Cc1ccco1)C(=O)c1coc(Br)c1. The lowest BCUT2D eigenvalue weighted by Crippen LogP contribution is -2.25. The van der Waals surface area contributed by atoms with Gasteiger partial charge in [-0.1, -0.05) is 0 Å². The molecule has 0 unspecified atom stereocenters. The van der Waals surface area contributed by atoms with E-state index in [0.29, 0.717) is 16.8 Å². The number of hydrogen-bond donors (Lipinski definition) is 0. The zero-order valence-electron chi connectivity index (χ0n) is 8.64. The number of carbonyl (C=O) groups excluding carboxylic acids is 1. The molecule has 5 heteroatoms. The summed E-state index contributed by atoms with van der Waals surface area (Å²) in [7, 11) is 1.71. The minimum absolute atomic E-state index is 0.106. The molecule has 0 aliphatic carbocycles. The maximum atomic E-state index is 11.9. The first kappa shape index (κ1) is 11.0. The van der Waals surface area contributed by atoms with Gasteiger partial charge in [-0.25, -0.2) is 0 Å². The van der Waals surface area contributed by atoms with E-state index in [-0.39, 0.29) is 5.91 Å². The van der Waals surface area contributed by atoms with E-state index in [1.165, 1.54) is 6.26 Å². The van der Waals surface area contributed by atoms with Crippen LogP contribution in [0.4, 0.5) is 0 Å². The molecule has 0 aromatic carbocycles. The van der Waals surface area contributed by atoms with Crippen LogP contribution in [0.1, 0.15) is 16.1 Å². The van der Waals surface area contributed by atoms with Crippen molar-refractivity contribution >= 4 is 21.8 Å². The third-order valence-corrected chi connectivity index (χ3v) is 2.55. The van der Waals surface area contributed by atoms with Crippen molar-refractivity contribution in [2.75, 3.05) is 7.05 Å². The van der Waals surface area contributed by atoms with Gasteiger partial charge >= 0.3 is 0 Å². The second kappa shape index (κ2) is 4.57. The number of hydrogen-bond acceptors (Lipinski definition) is 3. The molecule has 4 nitrogen and oxygen atoms in total. The third-order valence-electron chi connectivity index (χ3n) is 2.13. The van der Waals surface area contributed by atoms with Gasteiger partial charge in [-0.2, -0.15) is 0 Å². The van der Waals surface area contributed by atoms with Gasteiger partial charge in [-0.15, -0.1) is 0 Å². The molecule has 0 atom stereocenters. The van der Waals surface area contributed by atoms with Gasteiger partial charge in [0.15, 0.2) is 4.67 Å². The second-order valence-electron chi connectivity index (χ2n) is 3.38. The average Bonchev–Trinajstić information content (AvgIpc) is 2.88. The quantitative estimate of drug-likeness (QED) is 0.870. The van der Waals surface area contributed by atoms with Crippen LogP contribution in [0, 0.1) is 0 Å². The maximum Gasteiger partial charge on any atom is 0.257 e. The molecular formula is C11H10BrNO3. The van der Waals surface area contributed by atoms with Crippen molar-refractivity contribution in [1.82, 2.24) is 4.90 Å². The van der Waals surface area contributed by atoms with Crippen molar-refractivity contribution in [2.24, 2.45) is 0 Å². The van der Waals surface area contributed by atoms with Crippen LogP contribution < -0.4 is 0 Å². The molecule has 0 aliphatic heterocycles. The van der Waals surface area contributed by atoms with E-state index >= 15 is 0 Å². The van der Waals surface area contributed by atoms with Gasteiger partial charge in [0.2, 0.25) is 0 Å². The molecule has 2 aromatic rings. The normalized spacial score (nSPS) is 10.4. The van der Waals surface area contributed by atoms with Crippen LogP contribution in [-0.4, -0.2) is 17.9 Å². The van der Waals surface area contributed by atoms with Gasteiger partial charge in [0.05, 0.1) is 18.4 Å². The molecule has 0 spiro atoms. The summed E-state index contributed by atoms with van der Waals surface area (Å²) in [6.07, 6.45) is 3.01. The fourth-order valence-electron chi connectivity index (χ4n) is 1.35. The highest BCUT2D eigenvalue weighted by molar-refractivity contribution is 9.10. The molecule has 1 amide bonds. The Balaban J connectivity index is 2.05. The van der Waals surface area contributed by atoms with Crippen molar-refractivity contribution < 1.29 is 13.6 Å². The van der Waals surface area contributed by atoms with Crippen molar-refractivity contribution in [1.29, 1.82) is 0 Å². The monoisotopic (exact) mass is 283 g/mol. The summed E-state index contributed by atoms with van der Waals surface area (Å²) in [5.74, 6) is 0.643. The molecular weight excluding hydrogens is 274 g/mol. The standard InChI is InChI=1S/C11H10BrNO3/c1-13(6-9-3-2-4-15-9)11(14)8-5-10(12)16-7-8/h2-5,7H,6H2,1H3. The van der Waals surface area contributed by atoms with E-state index in [0.717, 1.165) is 5.76 Å². The van der Waals surface area contributed by atoms with Gasteiger partial charge in [0.25, 0.3) is 5.91 Å². The van der Waals surface area contributed by atoms with Crippen LogP contribution in [0.2, 0.25) is 0 Å². The molecule has 16 heavy (non-hydrogen) atoms. The molecule has 0 aliphatic rings. The third kappa shape index (κ3) is 2.36. The minimum Gasteiger partial charge on any atom is -0.467 e. The van der Waals surface area contributed by atoms with Crippen LogP contribution in [0.5, 0.6) is 0 Å². The van der Waals surface area contributed by atoms with Gasteiger partial charge in [0.1, 0.15) is 12.0 Å². The van der Waals surface area contributed by atoms with Gasteiger partial charge < -0.3 is 13.7 Å². The van der Waals surface area contributed by atoms with Crippen molar-refractivity contribution in [3.05, 3.63) is 46.7 Å². The predicted octanol–water partition coefficient (Wildman–Crippen LogP) is 2.91. The maximum absolute atomic E-state index is 11.9. The summed E-state index contributed by atoms with van der Waals surface area (Å²) in [5, 5.41) is 0. The molecule has 84 valence electrons. The minimum atomic E-state index is -0.106. The molecule has 0 bridgehead atoms. The van der Waals surface area contributed by atoms with Crippen LogP contribution in [0.15, 0.2) is 44.2 Å². The largest absolute Gasteiger partial charge is 0.467 e. The average molecular weight is 284 g/mol. The number of rotatable bonds is 3. The number of amides is 1. The van der Waals surface area contributed by atoms with E-state index in [1.54, 1.807) is 30.3 Å². The number of nitrogens with zero attached hydrogens (tertiary/aromatic N) is 1. The van der Waals surface area contributed by atoms with Crippen LogP contribution >= 0.6 is 15.9 Å². The highest BCUT2D eigenvalue weighted by atomic mass is 79.9. The summed E-state index contributed by atoms with van der Waals surface area (Å²) in [6.45, 7) is 0.439. The smallest absolute Gasteiger partial charge is 0.257 e. The molecule has 0 saturated heterocycles. The van der Waals surface area contributed by atoms with Gasteiger partial charge in [-0.05, 0) is 28.1 Å². The number of carbonyl (C=O) groups is 1. The van der Waals surface area contributed by atoms with E-state index in [1.807, 2.05) is 6.07 Å². The summed E-state index contributed by atoms with van der Waals surface area (Å²) < 4.78 is 10.7. The topological polar surface area (TPSA) is 46.6 Å². The zero-order valence-corrected chi connectivity index (χ0v) is 10.2. The fraction of sp³-hybridized carbons (Fsp3) is 0.182. The van der Waals surface area contributed by atoms with E-state index in [4.69, 9.17) is 8.83 Å².